The number of aliphatic hydroxyl groups excluding tert-OH is 5. The minimum atomic E-state index is -1.63. The fourth-order valence-electron chi connectivity index (χ4n) is 10.2. The molecule has 0 radical (unpaired) electrons. The van der Waals surface area contributed by atoms with Crippen LogP contribution in [0, 0.1) is 0 Å². The summed E-state index contributed by atoms with van der Waals surface area (Å²) in [6.45, 7) is 5.56. The molecule has 0 aromatic rings. The van der Waals surface area contributed by atoms with Crippen molar-refractivity contribution in [1.82, 2.24) is 5.32 Å². The summed E-state index contributed by atoms with van der Waals surface area (Å²) in [7, 11) is 0. The molecule has 11 heteroatoms. The van der Waals surface area contributed by atoms with E-state index in [0.717, 1.165) is 167 Å². The Morgan fingerprint density at radius 1 is 0.449 bits per heavy atom. The van der Waals surface area contributed by atoms with Crippen LogP contribution in [0.2, 0.25) is 0 Å². The normalized spacial score (nSPS) is 19.0. The molecule has 1 saturated heterocycles. The number of hydrogen-bond acceptors (Lipinski definition) is 10. The van der Waals surface area contributed by atoms with Crippen molar-refractivity contribution in [2.75, 3.05) is 13.2 Å². The zero-order chi connectivity index (χ0) is 64.6. The molecule has 1 amide bonds. The van der Waals surface area contributed by atoms with Gasteiger partial charge in [0.05, 0.1) is 25.4 Å². The molecule has 11 nitrogen and oxygen atoms in total. The lowest BCUT2D eigenvalue weighted by Crippen LogP contribution is -2.61. The molecule has 0 spiro atoms. The lowest BCUT2D eigenvalue weighted by Gasteiger charge is -2.41. The Morgan fingerprint density at radius 3 is 1.21 bits per heavy atom. The van der Waals surface area contributed by atoms with Gasteiger partial charge in [0.25, 0.3) is 0 Å². The number of allylic oxidation sites excluding steroid dienone is 23. The van der Waals surface area contributed by atoms with Crippen molar-refractivity contribution in [3.63, 3.8) is 0 Å². The average molecular weight is 1240 g/mol. The van der Waals surface area contributed by atoms with E-state index < -0.39 is 67.4 Å². The number of rotatable bonds is 59. The third-order valence-electron chi connectivity index (χ3n) is 15.7. The highest BCUT2D eigenvalue weighted by molar-refractivity contribution is 5.80. The van der Waals surface area contributed by atoms with Gasteiger partial charge in [0, 0.05) is 6.42 Å². The third kappa shape index (κ3) is 50.8. The minimum absolute atomic E-state index is 0.0924. The SMILES string of the molecule is CC/C=C\C/C=C\C/C=C\C/C=C\C/C=C\C/C=C\CCCCCCCCCC(O)C(=O)NC(COC1OC(CO)C(O)C(O)C1OC(=O)CCCCCCC/C=C\C/C=C\C/C=C\C/C=C\C/C=C\CC)C(O)/C=C/CCCCCCCCCCCCC. The van der Waals surface area contributed by atoms with E-state index >= 15 is 0 Å². The molecule has 8 unspecified atom stereocenters. The van der Waals surface area contributed by atoms with Crippen LogP contribution in [0.3, 0.4) is 0 Å². The van der Waals surface area contributed by atoms with Crippen LogP contribution in [-0.2, 0) is 23.8 Å². The molecular weight excluding hydrogens is 1110 g/mol. The first-order chi connectivity index (χ1) is 43.7. The van der Waals surface area contributed by atoms with Crippen molar-refractivity contribution in [3.05, 3.63) is 146 Å². The van der Waals surface area contributed by atoms with E-state index in [1.54, 1.807) is 6.08 Å². The van der Waals surface area contributed by atoms with Crippen molar-refractivity contribution < 1.29 is 49.3 Å². The number of carbonyl (C=O) groups is 2. The molecule has 0 aromatic heterocycles. The molecule has 0 saturated carbocycles. The van der Waals surface area contributed by atoms with E-state index in [0.29, 0.717) is 12.8 Å². The zero-order valence-electron chi connectivity index (χ0n) is 56.2. The summed E-state index contributed by atoms with van der Waals surface area (Å²) in [6.07, 6.45) is 81.6. The Kier molecular flexibility index (Phi) is 59.1. The highest BCUT2D eigenvalue weighted by Crippen LogP contribution is 2.26. The van der Waals surface area contributed by atoms with Crippen LogP contribution in [-0.4, -0.2) is 99.6 Å². The Labute approximate surface area is 543 Å². The van der Waals surface area contributed by atoms with Crippen LogP contribution in [0.25, 0.3) is 0 Å². The Balaban J connectivity index is 2.63. The molecule has 89 heavy (non-hydrogen) atoms. The first-order valence-electron chi connectivity index (χ1n) is 35.6. The van der Waals surface area contributed by atoms with Crippen LogP contribution < -0.4 is 5.32 Å². The van der Waals surface area contributed by atoms with Crippen molar-refractivity contribution >= 4 is 11.9 Å². The molecule has 1 aliphatic rings. The first kappa shape index (κ1) is 82.6. The van der Waals surface area contributed by atoms with Gasteiger partial charge in [0.2, 0.25) is 5.91 Å². The second kappa shape index (κ2) is 63.7. The van der Waals surface area contributed by atoms with Gasteiger partial charge in [-0.25, -0.2) is 0 Å². The van der Waals surface area contributed by atoms with Gasteiger partial charge in [-0.3, -0.25) is 9.59 Å². The van der Waals surface area contributed by atoms with Gasteiger partial charge in [-0.1, -0.05) is 289 Å². The quantitative estimate of drug-likeness (QED) is 0.0195. The van der Waals surface area contributed by atoms with Crippen LogP contribution in [0.4, 0.5) is 0 Å². The smallest absolute Gasteiger partial charge is 0.306 e. The molecule has 0 aromatic carbocycles. The van der Waals surface area contributed by atoms with Crippen molar-refractivity contribution in [2.24, 2.45) is 0 Å². The second-order valence-electron chi connectivity index (χ2n) is 23.9. The number of ether oxygens (including phenoxy) is 3. The lowest BCUT2D eigenvalue weighted by molar-refractivity contribution is -0.305. The second-order valence-corrected chi connectivity index (χ2v) is 23.9. The zero-order valence-corrected chi connectivity index (χ0v) is 56.2. The predicted molar refractivity (Wildman–Crippen MR) is 374 cm³/mol. The maximum atomic E-state index is 13.5. The number of unbranched alkanes of at least 4 members (excludes halogenated alkanes) is 23. The lowest BCUT2D eigenvalue weighted by atomic mass is 9.99. The summed E-state index contributed by atoms with van der Waals surface area (Å²) in [5.74, 6) is -1.23. The van der Waals surface area contributed by atoms with Gasteiger partial charge < -0.3 is 45.1 Å². The summed E-state index contributed by atoms with van der Waals surface area (Å²) >= 11 is 0. The van der Waals surface area contributed by atoms with Gasteiger partial charge in [-0.2, -0.15) is 0 Å². The van der Waals surface area contributed by atoms with Gasteiger partial charge in [0.1, 0.15) is 24.4 Å². The highest BCUT2D eigenvalue weighted by atomic mass is 16.7. The number of carbonyl (C=O) groups excluding carboxylic acids is 2. The summed E-state index contributed by atoms with van der Waals surface area (Å²) in [5, 5.41) is 57.3. The molecule has 0 aliphatic carbocycles. The molecule has 1 heterocycles. The number of esters is 1. The molecule has 0 bridgehead atoms. The minimum Gasteiger partial charge on any atom is -0.454 e. The molecular formula is C78H129NO10. The Hall–Kier alpha value is -4.46. The predicted octanol–water partition coefficient (Wildman–Crippen LogP) is 18.5. The van der Waals surface area contributed by atoms with Crippen molar-refractivity contribution in [2.45, 2.75) is 320 Å². The Bertz CT molecular complexity index is 2010. The monoisotopic (exact) mass is 1240 g/mol. The average Bonchev–Trinajstić information content (AvgIpc) is 3.11. The number of aliphatic hydroxyl groups is 5. The van der Waals surface area contributed by atoms with Crippen LogP contribution >= 0.6 is 0 Å². The largest absolute Gasteiger partial charge is 0.454 e. The standard InChI is InChI=1S/C78H129NO10/c1-4-7-10-13-16-19-22-25-27-29-31-33-34-35-36-37-39-40-42-44-47-50-53-56-59-62-65-71(82)77(86)79-69(70(81)64-61-58-55-52-49-46-24-21-18-15-12-9-6-3)68-87-78-76(75(85)74(84)72(67-80)88-78)89-73(83)66-63-60-57-54-51-48-45-43-41-38-32-30-28-26-23-20-17-14-11-8-5-2/h7-8,10-11,16-17,19-20,25-28,31-33,35-36,38-40,43,45,61,64,69-72,74-76,78,80-82,84-85H,4-6,9,12-15,18,21-24,29-30,34,37,41-42,44,46-60,62-63,65-68H2,1-3H3,(H,79,86)/b10-7-,11-8-,19-16-,20-17-,27-25-,28-26-,33-31-,36-35-,38-32-,40-39-,45-43-,64-61+. The summed E-state index contributed by atoms with van der Waals surface area (Å²) < 4.78 is 17.7. The molecule has 1 fully saturated rings. The van der Waals surface area contributed by atoms with E-state index in [4.69, 9.17) is 14.2 Å². The van der Waals surface area contributed by atoms with Crippen molar-refractivity contribution in [1.29, 1.82) is 0 Å². The van der Waals surface area contributed by atoms with Gasteiger partial charge in [-0.15, -0.1) is 0 Å². The van der Waals surface area contributed by atoms with Gasteiger partial charge in [0.15, 0.2) is 12.4 Å². The molecule has 1 aliphatic heterocycles. The maximum absolute atomic E-state index is 13.5. The molecule has 6 N–H and O–H groups in total. The fourth-order valence-corrected chi connectivity index (χ4v) is 10.2. The van der Waals surface area contributed by atoms with Crippen LogP contribution in [0.15, 0.2) is 146 Å². The topological polar surface area (TPSA) is 175 Å². The number of nitrogens with one attached hydrogen (secondary N) is 1. The van der Waals surface area contributed by atoms with E-state index in [1.807, 2.05) is 6.08 Å². The summed E-state index contributed by atoms with van der Waals surface area (Å²) in [4.78, 5) is 26.7. The van der Waals surface area contributed by atoms with Gasteiger partial charge >= 0.3 is 5.97 Å². The number of hydrogen-bond donors (Lipinski definition) is 6. The maximum Gasteiger partial charge on any atom is 0.306 e. The molecule has 506 valence electrons. The summed E-state index contributed by atoms with van der Waals surface area (Å²) in [5.41, 5.74) is 0. The van der Waals surface area contributed by atoms with E-state index in [1.165, 1.54) is 57.8 Å². The highest BCUT2D eigenvalue weighted by Gasteiger charge is 2.47. The molecule has 1 rings (SSSR count). The van der Waals surface area contributed by atoms with Gasteiger partial charge in [-0.05, 0) is 122 Å². The first-order valence-corrected chi connectivity index (χ1v) is 35.6. The number of amides is 1. The van der Waals surface area contributed by atoms with Crippen molar-refractivity contribution in [3.8, 4) is 0 Å². The fraction of sp³-hybridized carbons (Fsp3) is 0.667. The third-order valence-corrected chi connectivity index (χ3v) is 15.7. The van der Waals surface area contributed by atoms with E-state index in [9.17, 15) is 35.1 Å². The summed E-state index contributed by atoms with van der Waals surface area (Å²) in [6, 6.07) is -1.05. The van der Waals surface area contributed by atoms with E-state index in [2.05, 4.69) is 160 Å². The van der Waals surface area contributed by atoms with E-state index in [-0.39, 0.29) is 19.4 Å². The van der Waals surface area contributed by atoms with Crippen LogP contribution in [0.1, 0.15) is 271 Å². The molecule has 8 atom stereocenters. The van der Waals surface area contributed by atoms with Crippen LogP contribution in [0.5, 0.6) is 0 Å². The Morgan fingerprint density at radius 2 is 0.809 bits per heavy atom.